The molecule has 0 spiro atoms. The highest BCUT2D eigenvalue weighted by Crippen LogP contribution is 1.94. The Morgan fingerprint density at radius 1 is 1.75 bits per heavy atom. The lowest BCUT2D eigenvalue weighted by Gasteiger charge is -1.83. The Bertz CT molecular complexity index is 136. The minimum atomic E-state index is 0.654. The summed E-state index contributed by atoms with van der Waals surface area (Å²) in [5.41, 5.74) is 6.31. The molecular formula is C5H8N2O. The Balaban J connectivity index is 2.50. The Labute approximate surface area is 47.5 Å². The second kappa shape index (κ2) is 2.47. The molecule has 0 bridgehead atoms. The third-order valence-electron chi connectivity index (χ3n) is 0.916. The topological polar surface area (TPSA) is 52.0 Å². The van der Waals surface area contributed by atoms with Crippen molar-refractivity contribution < 1.29 is 4.52 Å². The summed E-state index contributed by atoms with van der Waals surface area (Å²) < 4.78 is 4.56. The van der Waals surface area contributed by atoms with E-state index in [0.717, 1.165) is 12.0 Å². The molecule has 1 heterocycles. The Kier molecular flexibility index (Phi) is 1.64. The maximum atomic E-state index is 5.25. The maximum absolute atomic E-state index is 5.25. The molecule has 0 saturated carbocycles. The van der Waals surface area contributed by atoms with Crippen LogP contribution in [0.1, 0.15) is 5.56 Å². The van der Waals surface area contributed by atoms with Gasteiger partial charge in [0.15, 0.2) is 0 Å². The fourth-order valence-electron chi connectivity index (χ4n) is 0.517. The van der Waals surface area contributed by atoms with Gasteiger partial charge in [0.25, 0.3) is 0 Å². The quantitative estimate of drug-likeness (QED) is 0.593. The van der Waals surface area contributed by atoms with Gasteiger partial charge in [-0.25, -0.2) is 0 Å². The van der Waals surface area contributed by atoms with Crippen LogP contribution >= 0.6 is 0 Å². The van der Waals surface area contributed by atoms with Crippen molar-refractivity contribution in [1.82, 2.24) is 5.16 Å². The van der Waals surface area contributed by atoms with Crippen molar-refractivity contribution in [3.63, 3.8) is 0 Å². The molecule has 2 N–H and O–H groups in total. The van der Waals surface area contributed by atoms with Crippen LogP contribution in [0.3, 0.4) is 0 Å². The lowest BCUT2D eigenvalue weighted by molar-refractivity contribution is 0.419. The summed E-state index contributed by atoms with van der Waals surface area (Å²) in [6, 6.07) is 0. The summed E-state index contributed by atoms with van der Waals surface area (Å²) in [5.74, 6) is 0. The van der Waals surface area contributed by atoms with E-state index < -0.39 is 0 Å². The SMILES string of the molecule is NCCc1cnoc1. The predicted molar refractivity (Wildman–Crippen MR) is 29.3 cm³/mol. The lowest BCUT2D eigenvalue weighted by atomic mass is 10.3. The van der Waals surface area contributed by atoms with Gasteiger partial charge in [0, 0.05) is 5.56 Å². The Morgan fingerprint density at radius 2 is 2.62 bits per heavy atom. The van der Waals surface area contributed by atoms with Crippen molar-refractivity contribution in [3.8, 4) is 0 Å². The standard InChI is InChI=1S/C5H8N2O/c6-2-1-5-3-7-8-4-5/h3-4H,1-2,6H2. The van der Waals surface area contributed by atoms with E-state index in [1.54, 1.807) is 12.5 Å². The number of hydrogen-bond acceptors (Lipinski definition) is 3. The minimum absolute atomic E-state index is 0.654. The first-order valence-corrected chi connectivity index (χ1v) is 2.52. The molecule has 0 aliphatic rings. The zero-order valence-electron chi connectivity index (χ0n) is 4.50. The second-order valence-electron chi connectivity index (χ2n) is 1.57. The first-order valence-electron chi connectivity index (χ1n) is 2.52. The smallest absolute Gasteiger partial charge is 0.127 e. The molecule has 0 fully saturated rings. The fourth-order valence-corrected chi connectivity index (χ4v) is 0.517. The van der Waals surface area contributed by atoms with Crippen molar-refractivity contribution in [2.45, 2.75) is 6.42 Å². The lowest BCUT2D eigenvalue weighted by Crippen LogP contribution is -2.01. The van der Waals surface area contributed by atoms with Crippen LogP contribution < -0.4 is 5.73 Å². The molecular weight excluding hydrogens is 104 g/mol. The molecule has 0 aliphatic carbocycles. The number of hydrogen-bond donors (Lipinski definition) is 1. The zero-order chi connectivity index (χ0) is 5.82. The van der Waals surface area contributed by atoms with Crippen LogP contribution in [-0.4, -0.2) is 11.7 Å². The molecule has 0 aromatic carbocycles. The van der Waals surface area contributed by atoms with Crippen molar-refractivity contribution in [2.75, 3.05) is 6.54 Å². The maximum Gasteiger partial charge on any atom is 0.127 e. The number of rotatable bonds is 2. The van der Waals surface area contributed by atoms with E-state index in [1.165, 1.54) is 0 Å². The molecule has 44 valence electrons. The van der Waals surface area contributed by atoms with Gasteiger partial charge in [0.05, 0.1) is 6.20 Å². The summed E-state index contributed by atoms with van der Waals surface area (Å²) in [7, 11) is 0. The molecule has 0 unspecified atom stereocenters. The number of aromatic nitrogens is 1. The van der Waals surface area contributed by atoms with E-state index in [4.69, 9.17) is 5.73 Å². The molecule has 1 rings (SSSR count). The molecule has 0 amide bonds. The largest absolute Gasteiger partial charge is 0.364 e. The average molecular weight is 112 g/mol. The predicted octanol–water partition coefficient (Wildman–Crippen LogP) is 0.176. The molecule has 0 aliphatic heterocycles. The van der Waals surface area contributed by atoms with Crippen LogP contribution in [-0.2, 0) is 6.42 Å². The van der Waals surface area contributed by atoms with Gasteiger partial charge in [0.2, 0.25) is 0 Å². The monoisotopic (exact) mass is 112 g/mol. The molecule has 0 radical (unpaired) electrons. The molecule has 3 heteroatoms. The molecule has 0 saturated heterocycles. The van der Waals surface area contributed by atoms with Crippen molar-refractivity contribution in [1.29, 1.82) is 0 Å². The zero-order valence-corrected chi connectivity index (χ0v) is 4.50. The summed E-state index contributed by atoms with van der Waals surface area (Å²) in [4.78, 5) is 0. The highest BCUT2D eigenvalue weighted by Gasteiger charge is 1.89. The number of nitrogens with two attached hydrogens (primary N) is 1. The van der Waals surface area contributed by atoms with Gasteiger partial charge in [0.1, 0.15) is 6.26 Å². The summed E-state index contributed by atoms with van der Waals surface area (Å²) >= 11 is 0. The molecule has 8 heavy (non-hydrogen) atoms. The van der Waals surface area contributed by atoms with Gasteiger partial charge in [-0.3, -0.25) is 0 Å². The van der Waals surface area contributed by atoms with Crippen LogP contribution in [0.5, 0.6) is 0 Å². The van der Waals surface area contributed by atoms with Crippen LogP contribution in [0.15, 0.2) is 17.0 Å². The first kappa shape index (κ1) is 5.31. The molecule has 3 nitrogen and oxygen atoms in total. The molecule has 0 atom stereocenters. The van der Waals surface area contributed by atoms with Crippen LogP contribution in [0, 0.1) is 0 Å². The number of nitrogens with zero attached hydrogens (tertiary/aromatic N) is 1. The van der Waals surface area contributed by atoms with Crippen molar-refractivity contribution >= 4 is 0 Å². The van der Waals surface area contributed by atoms with E-state index in [2.05, 4.69) is 9.68 Å². The van der Waals surface area contributed by atoms with E-state index in [1.807, 2.05) is 0 Å². The molecule has 1 aromatic heterocycles. The third kappa shape index (κ3) is 1.07. The van der Waals surface area contributed by atoms with Gasteiger partial charge in [-0.2, -0.15) is 0 Å². The van der Waals surface area contributed by atoms with E-state index >= 15 is 0 Å². The fraction of sp³-hybridized carbons (Fsp3) is 0.400. The highest BCUT2D eigenvalue weighted by atomic mass is 16.5. The summed E-state index contributed by atoms with van der Waals surface area (Å²) in [6.07, 6.45) is 4.13. The normalized spacial score (nSPS) is 9.62. The van der Waals surface area contributed by atoms with Crippen LogP contribution in [0.2, 0.25) is 0 Å². The van der Waals surface area contributed by atoms with Gasteiger partial charge in [-0.05, 0) is 13.0 Å². The van der Waals surface area contributed by atoms with Gasteiger partial charge in [-0.15, -0.1) is 0 Å². The van der Waals surface area contributed by atoms with E-state index in [0.29, 0.717) is 6.54 Å². The average Bonchev–Trinajstić information content (AvgIpc) is 2.19. The Morgan fingerprint density at radius 3 is 3.12 bits per heavy atom. The summed E-state index contributed by atoms with van der Waals surface area (Å²) in [5, 5.41) is 3.51. The molecule has 1 aromatic rings. The minimum Gasteiger partial charge on any atom is -0.364 e. The van der Waals surface area contributed by atoms with E-state index in [-0.39, 0.29) is 0 Å². The highest BCUT2D eigenvalue weighted by molar-refractivity contribution is 4.99. The first-order chi connectivity index (χ1) is 3.93. The van der Waals surface area contributed by atoms with Gasteiger partial charge < -0.3 is 10.3 Å². The van der Waals surface area contributed by atoms with Crippen molar-refractivity contribution in [3.05, 3.63) is 18.0 Å². The third-order valence-corrected chi connectivity index (χ3v) is 0.916. The van der Waals surface area contributed by atoms with Gasteiger partial charge >= 0.3 is 0 Å². The van der Waals surface area contributed by atoms with Crippen LogP contribution in [0.4, 0.5) is 0 Å². The van der Waals surface area contributed by atoms with Gasteiger partial charge in [-0.1, -0.05) is 5.16 Å². The Hall–Kier alpha value is -0.830. The second-order valence-corrected chi connectivity index (χ2v) is 1.57. The van der Waals surface area contributed by atoms with Crippen LogP contribution in [0.25, 0.3) is 0 Å². The van der Waals surface area contributed by atoms with E-state index in [9.17, 15) is 0 Å². The van der Waals surface area contributed by atoms with Crippen molar-refractivity contribution in [2.24, 2.45) is 5.73 Å². The summed E-state index contributed by atoms with van der Waals surface area (Å²) in [6.45, 7) is 0.654.